The normalized spacial score (nSPS) is 12.6. The van der Waals surface area contributed by atoms with Gasteiger partial charge in [0, 0.05) is 59.6 Å². The second-order valence-corrected chi connectivity index (χ2v) is 12.9. The minimum atomic E-state index is -0.144. The molecule has 0 unspecified atom stereocenters. The van der Waals surface area contributed by atoms with E-state index in [4.69, 9.17) is 5.23 Å². The number of thiophene rings is 1. The van der Waals surface area contributed by atoms with Gasteiger partial charge in [-0.25, -0.2) is 0 Å². The van der Waals surface area contributed by atoms with Gasteiger partial charge in [-0.1, -0.05) is 63.6 Å². The van der Waals surface area contributed by atoms with Crippen LogP contribution >= 0.6 is 11.3 Å². The molecule has 1 aliphatic rings. The third-order valence-electron chi connectivity index (χ3n) is 8.90. The zero-order chi connectivity index (χ0) is 32.1. The number of hydrogen-bond donors (Lipinski definition) is 1. The van der Waals surface area contributed by atoms with Crippen LogP contribution in [0.3, 0.4) is 0 Å². The standard InChI is InChI=1S/C23H22BN4S.C13H24O2.Ir/c1-13-10-14(2)20(15(3)11-13)21-16(4)17-12-25-27-23(22(17)29-21)24-26-18-8-6-7-9-19(18)28(24)5;1-5-10(6-2)12(14)9-13(15)11(7-3)8-4;/h6-12H,1-5H3;9-11,14H,5-8H2,1-4H3;/q-1;;/b;12-9-;. The Morgan fingerprint density at radius 2 is 1.60 bits per heavy atom. The van der Waals surface area contributed by atoms with Crippen molar-refractivity contribution < 1.29 is 30.0 Å². The Bertz CT molecular complexity index is 1640. The van der Waals surface area contributed by atoms with Crippen LogP contribution in [0.2, 0.25) is 0 Å². The summed E-state index contributed by atoms with van der Waals surface area (Å²) < 4.78 is 1.18. The van der Waals surface area contributed by atoms with Gasteiger partial charge in [-0.3, -0.25) is 4.79 Å². The minimum Gasteiger partial charge on any atom is -0.682 e. The van der Waals surface area contributed by atoms with Crippen LogP contribution in [0, 0.1) is 39.5 Å². The van der Waals surface area contributed by atoms with Crippen LogP contribution in [0.4, 0.5) is 11.4 Å². The SMILES string of the molecule is CCC(CC)C(=O)/C=C(\O)C(CC)CC.Cc1cc(C)c(-c2sc3c(B4[N-]c5ccccc5N4C)nncc3c2C)c(C)c1.[Ir]. The third-order valence-corrected chi connectivity index (χ3v) is 10.2. The number of hydrogen-bond acceptors (Lipinski definition) is 6. The molecular formula is C36H46BIrN4O2S-. The summed E-state index contributed by atoms with van der Waals surface area (Å²) in [7, 11) is 2.08. The average Bonchev–Trinajstić information content (AvgIpc) is 3.50. The molecule has 0 fully saturated rings. The van der Waals surface area contributed by atoms with E-state index >= 15 is 0 Å². The number of aliphatic hydroxyl groups is 1. The molecule has 9 heteroatoms. The molecule has 5 rings (SSSR count). The number of fused-ring (bicyclic) bond motifs is 2. The number of aryl methyl sites for hydroxylation is 4. The van der Waals surface area contributed by atoms with E-state index in [2.05, 4.69) is 80.1 Å². The molecule has 1 aliphatic heterocycles. The number of benzene rings is 2. The van der Waals surface area contributed by atoms with Crippen molar-refractivity contribution in [2.24, 2.45) is 11.8 Å². The fourth-order valence-corrected chi connectivity index (χ4v) is 7.72. The Kier molecular flexibility index (Phi) is 13.0. The van der Waals surface area contributed by atoms with Crippen molar-refractivity contribution in [2.45, 2.75) is 81.1 Å². The first-order valence-corrected chi connectivity index (χ1v) is 16.7. The summed E-state index contributed by atoms with van der Waals surface area (Å²) in [5.74, 6) is 0.547. The van der Waals surface area contributed by atoms with E-state index < -0.39 is 0 Å². The van der Waals surface area contributed by atoms with E-state index in [1.165, 1.54) is 48.9 Å². The number of ketones is 1. The van der Waals surface area contributed by atoms with Crippen molar-refractivity contribution in [2.75, 3.05) is 11.9 Å². The van der Waals surface area contributed by atoms with Gasteiger partial charge in [-0.05, 0) is 88.7 Å². The van der Waals surface area contributed by atoms with Crippen molar-refractivity contribution in [3.63, 3.8) is 0 Å². The van der Waals surface area contributed by atoms with Crippen LogP contribution in [0.25, 0.3) is 25.8 Å². The van der Waals surface area contributed by atoms with E-state index in [1.54, 1.807) is 0 Å². The molecule has 4 aromatic rings. The smallest absolute Gasteiger partial charge is 0.210 e. The van der Waals surface area contributed by atoms with E-state index in [-0.39, 0.29) is 50.5 Å². The maximum Gasteiger partial charge on any atom is 0.210 e. The number of aliphatic hydroxyl groups excluding tert-OH is 1. The number of anilines is 1. The van der Waals surface area contributed by atoms with E-state index in [9.17, 15) is 9.90 Å². The molecule has 0 atom stereocenters. The molecule has 2 aromatic carbocycles. The molecule has 0 saturated heterocycles. The summed E-state index contributed by atoms with van der Waals surface area (Å²) >= 11 is 1.82. The van der Waals surface area contributed by atoms with Gasteiger partial charge in [0.05, 0.1) is 16.7 Å². The fraction of sp³-hybridized carbons (Fsp3) is 0.417. The molecule has 1 N–H and O–H groups in total. The second kappa shape index (κ2) is 16.0. The van der Waals surface area contributed by atoms with E-state index in [0.29, 0.717) is 0 Å². The monoisotopic (exact) mass is 802 g/mol. The number of carbonyl (C=O) groups excluding carboxylic acids is 1. The van der Waals surface area contributed by atoms with Gasteiger partial charge in [0.2, 0.25) is 6.98 Å². The molecule has 0 bridgehead atoms. The Labute approximate surface area is 287 Å². The van der Waals surface area contributed by atoms with Crippen LogP contribution in [0.1, 0.15) is 75.6 Å². The van der Waals surface area contributed by atoms with Crippen molar-refractivity contribution in [3.8, 4) is 10.4 Å². The average molecular weight is 802 g/mol. The quantitative estimate of drug-likeness (QED) is 0.104. The van der Waals surface area contributed by atoms with Gasteiger partial charge in [0.25, 0.3) is 0 Å². The Hall–Kier alpha value is -3.00. The number of para-hydroxylation sites is 1. The van der Waals surface area contributed by atoms with Gasteiger partial charge in [-0.2, -0.15) is 10.2 Å². The summed E-state index contributed by atoms with van der Waals surface area (Å²) in [5.41, 5.74) is 9.62. The predicted octanol–water partition coefficient (Wildman–Crippen LogP) is 9.31. The number of allylic oxidation sites excluding steroid dienone is 2. The van der Waals surface area contributed by atoms with Crippen LogP contribution in [0.5, 0.6) is 0 Å². The summed E-state index contributed by atoms with van der Waals surface area (Å²) in [6, 6.07) is 12.8. The molecular weight excluding hydrogens is 756 g/mol. The maximum absolute atomic E-state index is 11.7. The summed E-state index contributed by atoms with van der Waals surface area (Å²) in [5, 5.41) is 24.8. The largest absolute Gasteiger partial charge is 0.682 e. The molecule has 0 saturated carbocycles. The molecule has 0 amide bonds. The minimum absolute atomic E-state index is 0. The van der Waals surface area contributed by atoms with Crippen LogP contribution in [-0.4, -0.2) is 35.1 Å². The van der Waals surface area contributed by atoms with Crippen molar-refractivity contribution in [1.82, 2.24) is 10.2 Å². The predicted molar refractivity (Wildman–Crippen MR) is 189 cm³/mol. The first kappa shape index (κ1) is 36.5. The first-order chi connectivity index (χ1) is 21.1. The number of carbonyl (C=O) groups is 1. The molecule has 0 aliphatic carbocycles. The van der Waals surface area contributed by atoms with Gasteiger partial charge in [0.15, 0.2) is 5.78 Å². The molecule has 2 aromatic heterocycles. The summed E-state index contributed by atoms with van der Waals surface area (Å²) in [4.78, 5) is 15.2. The fourth-order valence-electron chi connectivity index (χ4n) is 6.26. The van der Waals surface area contributed by atoms with Gasteiger partial charge in [-0.15, -0.1) is 17.0 Å². The summed E-state index contributed by atoms with van der Waals surface area (Å²) in [6.07, 6.45) is 6.80. The summed E-state index contributed by atoms with van der Waals surface area (Å²) in [6.45, 7) is 16.7. The van der Waals surface area contributed by atoms with Gasteiger partial charge in [0.1, 0.15) is 0 Å². The molecule has 241 valence electrons. The molecule has 45 heavy (non-hydrogen) atoms. The Morgan fingerprint density at radius 3 is 2.18 bits per heavy atom. The van der Waals surface area contributed by atoms with E-state index in [1.807, 2.05) is 51.3 Å². The zero-order valence-corrected chi connectivity index (χ0v) is 31.3. The second-order valence-electron chi connectivity index (χ2n) is 11.9. The van der Waals surface area contributed by atoms with E-state index in [0.717, 1.165) is 42.7 Å². The van der Waals surface area contributed by atoms with Crippen LogP contribution in [-0.2, 0) is 24.9 Å². The number of rotatable bonds is 9. The topological polar surface area (TPSA) is 80.4 Å². The first-order valence-electron chi connectivity index (χ1n) is 15.9. The number of nitrogens with zero attached hydrogens (tertiary/aromatic N) is 4. The van der Waals surface area contributed by atoms with Crippen molar-refractivity contribution in [1.29, 1.82) is 0 Å². The molecule has 6 nitrogen and oxygen atoms in total. The van der Waals surface area contributed by atoms with Crippen LogP contribution in [0.15, 0.2) is 54.4 Å². The number of aromatic nitrogens is 2. The Balaban J connectivity index is 0.000000297. The maximum atomic E-state index is 11.7. The van der Waals surface area contributed by atoms with Crippen molar-refractivity contribution in [3.05, 3.63) is 81.9 Å². The molecule has 3 heterocycles. The Morgan fingerprint density at radius 1 is 1.00 bits per heavy atom. The molecule has 0 spiro atoms. The zero-order valence-electron chi connectivity index (χ0n) is 28.1. The molecule has 1 radical (unpaired) electrons. The van der Waals surface area contributed by atoms with Gasteiger partial charge < -0.3 is 15.1 Å². The van der Waals surface area contributed by atoms with Gasteiger partial charge >= 0.3 is 0 Å². The third kappa shape index (κ3) is 7.70. The van der Waals surface area contributed by atoms with Crippen LogP contribution < -0.4 is 10.4 Å². The van der Waals surface area contributed by atoms with Crippen molar-refractivity contribution >= 4 is 51.2 Å².